The zero-order valence-corrected chi connectivity index (χ0v) is 18.9. The summed E-state index contributed by atoms with van der Waals surface area (Å²) >= 11 is 0. The maximum atomic E-state index is 13.6. The summed E-state index contributed by atoms with van der Waals surface area (Å²) in [5, 5.41) is 33.1. The largest absolute Gasteiger partial charge is 0.508 e. The summed E-state index contributed by atoms with van der Waals surface area (Å²) in [5.74, 6) is -4.99. The quantitative estimate of drug-likeness (QED) is 0.379. The number of ketones is 2. The maximum absolute atomic E-state index is 13.6. The molecule has 3 aliphatic rings. The number of rotatable bonds is 3. The van der Waals surface area contributed by atoms with E-state index in [1.54, 1.807) is 25.1 Å². The number of amides is 1. The van der Waals surface area contributed by atoms with Crippen LogP contribution in [0.4, 0.5) is 5.69 Å². The SMILES string of the molecule is CN(C)c1ccc(O)c2c1C[C@H]1C[C@H]3[C@H](N(C)C)C(=O)C(C(N)=O)=C(O)[C@@]3(O)C(N)=C1C2=O. The molecule has 10 heteroatoms. The molecular weight excluding hydrogens is 428 g/mol. The molecule has 0 saturated carbocycles. The van der Waals surface area contributed by atoms with E-state index in [4.69, 9.17) is 11.5 Å². The minimum absolute atomic E-state index is 0.0645. The van der Waals surface area contributed by atoms with Crippen LogP contribution in [0, 0.1) is 11.8 Å². The molecule has 0 bridgehead atoms. The fraction of sp³-hybridized carbons (Fsp3) is 0.435. The zero-order valence-electron chi connectivity index (χ0n) is 18.9. The van der Waals surface area contributed by atoms with Crippen molar-refractivity contribution in [3.8, 4) is 5.75 Å². The Labute approximate surface area is 190 Å². The molecule has 0 fully saturated rings. The molecule has 176 valence electrons. The lowest BCUT2D eigenvalue weighted by Crippen LogP contribution is -2.64. The van der Waals surface area contributed by atoms with Crippen molar-refractivity contribution >= 4 is 23.2 Å². The lowest BCUT2D eigenvalue weighted by Gasteiger charge is -2.51. The maximum Gasteiger partial charge on any atom is 0.255 e. The van der Waals surface area contributed by atoms with Gasteiger partial charge in [-0.2, -0.15) is 0 Å². The highest BCUT2D eigenvalue weighted by Gasteiger charge is 2.61. The van der Waals surface area contributed by atoms with Crippen LogP contribution in [-0.4, -0.2) is 77.5 Å². The molecule has 0 heterocycles. The average molecular weight is 456 g/mol. The van der Waals surface area contributed by atoms with Crippen molar-refractivity contribution in [3.05, 3.63) is 45.9 Å². The van der Waals surface area contributed by atoms with Gasteiger partial charge in [0, 0.05) is 31.3 Å². The van der Waals surface area contributed by atoms with Crippen LogP contribution in [0.3, 0.4) is 0 Å². The first-order valence-corrected chi connectivity index (χ1v) is 10.6. The number of nitrogens with two attached hydrogens (primary N) is 2. The van der Waals surface area contributed by atoms with Gasteiger partial charge in [-0.1, -0.05) is 0 Å². The van der Waals surface area contributed by atoms with Crippen LogP contribution in [0.15, 0.2) is 34.7 Å². The molecule has 4 rings (SSSR count). The topological polar surface area (TPSA) is 170 Å². The molecule has 0 aromatic heterocycles. The molecule has 0 saturated heterocycles. The van der Waals surface area contributed by atoms with Gasteiger partial charge in [-0.25, -0.2) is 0 Å². The number of nitrogens with zero attached hydrogens (tertiary/aromatic N) is 2. The van der Waals surface area contributed by atoms with E-state index in [2.05, 4.69) is 0 Å². The number of hydrogen-bond acceptors (Lipinski definition) is 9. The van der Waals surface area contributed by atoms with Crippen LogP contribution in [0.5, 0.6) is 5.75 Å². The van der Waals surface area contributed by atoms with Crippen molar-refractivity contribution in [1.29, 1.82) is 0 Å². The van der Waals surface area contributed by atoms with E-state index >= 15 is 0 Å². The van der Waals surface area contributed by atoms with Crippen LogP contribution < -0.4 is 16.4 Å². The van der Waals surface area contributed by atoms with Gasteiger partial charge in [0.05, 0.1) is 17.3 Å². The number of primary amides is 1. The van der Waals surface area contributed by atoms with Gasteiger partial charge in [0.25, 0.3) is 5.91 Å². The number of fused-ring (bicyclic) bond motifs is 3. The number of Topliss-reactive ketones (excluding diaryl/α,β-unsaturated/α-hetero) is 2. The highest BCUT2D eigenvalue weighted by Crippen LogP contribution is 2.53. The third-order valence-corrected chi connectivity index (χ3v) is 7.15. The minimum Gasteiger partial charge on any atom is -0.508 e. The lowest BCUT2D eigenvalue weighted by atomic mass is 9.58. The molecule has 4 atom stereocenters. The van der Waals surface area contributed by atoms with E-state index in [0.29, 0.717) is 12.0 Å². The molecule has 0 radical (unpaired) electrons. The second-order valence-electron chi connectivity index (χ2n) is 9.38. The first kappa shape index (κ1) is 22.8. The Balaban J connectivity index is 2.00. The Morgan fingerprint density at radius 1 is 1.15 bits per heavy atom. The molecule has 3 aliphatic carbocycles. The van der Waals surface area contributed by atoms with Crippen molar-refractivity contribution in [2.45, 2.75) is 24.5 Å². The smallest absolute Gasteiger partial charge is 0.255 e. The van der Waals surface area contributed by atoms with E-state index in [-0.39, 0.29) is 29.0 Å². The predicted octanol–water partition coefficient (Wildman–Crippen LogP) is -0.413. The first-order chi connectivity index (χ1) is 15.3. The van der Waals surface area contributed by atoms with Gasteiger partial charge in [0.1, 0.15) is 17.1 Å². The van der Waals surface area contributed by atoms with Gasteiger partial charge in [0.2, 0.25) is 0 Å². The van der Waals surface area contributed by atoms with Crippen molar-refractivity contribution in [3.63, 3.8) is 0 Å². The van der Waals surface area contributed by atoms with Crippen LogP contribution in [-0.2, 0) is 16.0 Å². The number of phenolic OH excluding ortho intramolecular Hbond substituents is 1. The van der Waals surface area contributed by atoms with Crippen LogP contribution in [0.1, 0.15) is 22.3 Å². The second-order valence-corrected chi connectivity index (χ2v) is 9.38. The number of benzene rings is 1. The third kappa shape index (κ3) is 2.90. The number of hydrogen-bond donors (Lipinski definition) is 5. The highest BCUT2D eigenvalue weighted by molar-refractivity contribution is 6.22. The summed E-state index contributed by atoms with van der Waals surface area (Å²) in [6, 6.07) is 2.15. The van der Waals surface area contributed by atoms with Crippen LogP contribution in [0.25, 0.3) is 0 Å². The monoisotopic (exact) mass is 456 g/mol. The summed E-state index contributed by atoms with van der Waals surface area (Å²) < 4.78 is 0. The summed E-state index contributed by atoms with van der Waals surface area (Å²) in [4.78, 5) is 42.1. The van der Waals surface area contributed by atoms with Gasteiger partial charge in [0.15, 0.2) is 17.2 Å². The second kappa shape index (κ2) is 7.32. The molecule has 33 heavy (non-hydrogen) atoms. The minimum atomic E-state index is -2.33. The van der Waals surface area contributed by atoms with E-state index < -0.39 is 52.3 Å². The standard InChI is InChI=1S/C23H28N4O6/c1-26(2)12-5-6-13(28)15-10(12)7-9-8-11-17(27(3)4)19(30)16(22(25)32)21(31)23(11,33)20(24)14(9)18(15)29/h5-6,9,11,17,28,31,33H,7-8,24H2,1-4H3,(H2,25,32)/t9-,11-,17-,23-/m0/s1. The number of phenols is 1. The fourth-order valence-corrected chi connectivity index (χ4v) is 5.73. The average Bonchev–Trinajstić information content (AvgIpc) is 2.70. The van der Waals surface area contributed by atoms with E-state index in [1.165, 1.54) is 6.07 Å². The van der Waals surface area contributed by atoms with Gasteiger partial charge in [-0.3, -0.25) is 19.3 Å². The number of aliphatic hydroxyl groups excluding tert-OH is 1. The number of allylic oxidation sites excluding steroid dienone is 1. The molecule has 1 amide bonds. The molecule has 10 nitrogen and oxygen atoms in total. The van der Waals surface area contributed by atoms with Crippen LogP contribution >= 0.6 is 0 Å². The van der Waals surface area contributed by atoms with Crippen molar-refractivity contribution in [2.75, 3.05) is 33.1 Å². The zero-order chi connectivity index (χ0) is 24.6. The number of aliphatic hydroxyl groups is 2. The molecular formula is C23H28N4O6. The molecule has 1 aromatic carbocycles. The van der Waals surface area contributed by atoms with Gasteiger partial charge < -0.3 is 31.7 Å². The summed E-state index contributed by atoms with van der Waals surface area (Å²) in [5.41, 5.74) is 9.91. The molecule has 1 aromatic rings. The number of aromatic hydroxyl groups is 1. The number of carbonyl (C=O) groups is 3. The van der Waals surface area contributed by atoms with Crippen LogP contribution in [0.2, 0.25) is 0 Å². The van der Waals surface area contributed by atoms with Crippen molar-refractivity contribution in [2.24, 2.45) is 23.3 Å². The molecule has 0 aliphatic heterocycles. The molecule has 0 spiro atoms. The Hall–Kier alpha value is -3.37. The lowest BCUT2D eigenvalue weighted by molar-refractivity contribution is -0.134. The third-order valence-electron chi connectivity index (χ3n) is 7.15. The van der Waals surface area contributed by atoms with E-state index in [1.807, 2.05) is 19.0 Å². The Kier molecular flexibility index (Phi) is 5.06. The number of likely N-dealkylation sites (N-methyl/N-ethyl adjacent to an activating group) is 1. The normalized spacial score (nSPS) is 29.1. The van der Waals surface area contributed by atoms with Gasteiger partial charge >= 0.3 is 0 Å². The predicted molar refractivity (Wildman–Crippen MR) is 120 cm³/mol. The Morgan fingerprint density at radius 2 is 1.79 bits per heavy atom. The summed E-state index contributed by atoms with van der Waals surface area (Å²) in [6.45, 7) is 0. The van der Waals surface area contributed by atoms with E-state index in [0.717, 1.165) is 5.69 Å². The van der Waals surface area contributed by atoms with E-state index in [9.17, 15) is 29.7 Å². The molecule has 0 unspecified atom stereocenters. The van der Waals surface area contributed by atoms with Crippen molar-refractivity contribution < 1.29 is 29.7 Å². The Bertz CT molecular complexity index is 1170. The van der Waals surface area contributed by atoms with Gasteiger partial charge in [-0.05, 0) is 50.6 Å². The van der Waals surface area contributed by atoms with Crippen molar-refractivity contribution in [1.82, 2.24) is 4.90 Å². The molecule has 7 N–H and O–H groups in total. The summed E-state index contributed by atoms with van der Waals surface area (Å²) in [6.07, 6.45) is 0.484. The fourth-order valence-electron chi connectivity index (χ4n) is 5.73. The highest BCUT2D eigenvalue weighted by atomic mass is 16.3. The summed E-state index contributed by atoms with van der Waals surface area (Å²) in [7, 11) is 6.88. The first-order valence-electron chi connectivity index (χ1n) is 10.6. The Morgan fingerprint density at radius 3 is 2.33 bits per heavy atom. The van der Waals surface area contributed by atoms with Gasteiger partial charge in [-0.15, -0.1) is 0 Å². The number of carbonyl (C=O) groups excluding carboxylic acids is 3. The number of anilines is 1.